The van der Waals surface area contributed by atoms with Crippen LogP contribution >= 0.6 is 0 Å². The van der Waals surface area contributed by atoms with Gasteiger partial charge in [-0.05, 0) is 20.9 Å². The number of ether oxygens (including phenoxy) is 1. The van der Waals surface area contributed by atoms with Gasteiger partial charge in [0.05, 0.1) is 19.3 Å². The fraction of sp³-hybridized carbons (Fsp3) is 0.800. The molecule has 0 bridgehead atoms. The summed E-state index contributed by atoms with van der Waals surface area (Å²) in [5.41, 5.74) is 5.51. The van der Waals surface area contributed by atoms with Crippen molar-refractivity contribution in [2.45, 2.75) is 25.4 Å². The summed E-state index contributed by atoms with van der Waals surface area (Å²) in [6.07, 6.45) is 4.17. The second-order valence-corrected chi connectivity index (χ2v) is 4.09. The molecule has 0 spiro atoms. The van der Waals surface area contributed by atoms with Gasteiger partial charge < -0.3 is 10.5 Å². The standard InChI is InChI=1S/C10H20N2O/c1-10(2,5-4-6-11)12(3)9-7-13-8-9/h4-5,9H,6-8,11H2,1-3H3. The molecule has 13 heavy (non-hydrogen) atoms. The van der Waals surface area contributed by atoms with E-state index >= 15 is 0 Å². The third-order valence-electron chi connectivity index (χ3n) is 2.74. The van der Waals surface area contributed by atoms with E-state index in [1.54, 1.807) is 0 Å². The highest BCUT2D eigenvalue weighted by atomic mass is 16.5. The second-order valence-electron chi connectivity index (χ2n) is 4.09. The normalized spacial score (nSPS) is 19.8. The Morgan fingerprint density at radius 1 is 1.54 bits per heavy atom. The first-order chi connectivity index (χ1) is 6.08. The zero-order chi connectivity index (χ0) is 9.90. The van der Waals surface area contributed by atoms with Crippen molar-refractivity contribution in [2.24, 2.45) is 5.73 Å². The van der Waals surface area contributed by atoms with Crippen molar-refractivity contribution in [1.29, 1.82) is 0 Å². The number of nitrogens with zero attached hydrogens (tertiary/aromatic N) is 1. The van der Waals surface area contributed by atoms with E-state index in [1.807, 2.05) is 6.08 Å². The molecule has 1 rings (SSSR count). The molecule has 2 N–H and O–H groups in total. The highest BCUT2D eigenvalue weighted by Gasteiger charge is 2.31. The van der Waals surface area contributed by atoms with E-state index in [-0.39, 0.29) is 5.54 Å². The van der Waals surface area contributed by atoms with Crippen LogP contribution in [0.15, 0.2) is 12.2 Å². The first-order valence-corrected chi connectivity index (χ1v) is 4.76. The fourth-order valence-corrected chi connectivity index (χ4v) is 1.39. The first kappa shape index (κ1) is 10.7. The molecule has 0 aromatic heterocycles. The van der Waals surface area contributed by atoms with Crippen molar-refractivity contribution in [2.75, 3.05) is 26.8 Å². The Morgan fingerprint density at radius 3 is 2.54 bits per heavy atom. The number of nitrogens with two attached hydrogens (primary N) is 1. The topological polar surface area (TPSA) is 38.5 Å². The molecule has 1 saturated heterocycles. The van der Waals surface area contributed by atoms with E-state index in [0.717, 1.165) is 13.2 Å². The summed E-state index contributed by atoms with van der Waals surface area (Å²) >= 11 is 0. The summed E-state index contributed by atoms with van der Waals surface area (Å²) < 4.78 is 5.17. The van der Waals surface area contributed by atoms with Crippen molar-refractivity contribution in [3.8, 4) is 0 Å². The first-order valence-electron chi connectivity index (χ1n) is 4.76. The molecule has 0 amide bonds. The zero-order valence-electron chi connectivity index (χ0n) is 8.79. The Morgan fingerprint density at radius 2 is 2.15 bits per heavy atom. The molecule has 0 aromatic carbocycles. The van der Waals surface area contributed by atoms with E-state index < -0.39 is 0 Å². The summed E-state index contributed by atoms with van der Waals surface area (Å²) in [5.74, 6) is 0. The number of hydrogen-bond acceptors (Lipinski definition) is 3. The van der Waals surface area contributed by atoms with Gasteiger partial charge in [0.15, 0.2) is 0 Å². The molecule has 1 heterocycles. The number of hydrogen-bond donors (Lipinski definition) is 1. The van der Waals surface area contributed by atoms with Gasteiger partial charge in [0, 0.05) is 12.1 Å². The van der Waals surface area contributed by atoms with Crippen molar-refractivity contribution in [3.63, 3.8) is 0 Å². The van der Waals surface area contributed by atoms with E-state index in [0.29, 0.717) is 12.6 Å². The van der Waals surface area contributed by atoms with E-state index in [4.69, 9.17) is 10.5 Å². The molecule has 0 aliphatic carbocycles. The van der Waals surface area contributed by atoms with Crippen molar-refractivity contribution in [3.05, 3.63) is 12.2 Å². The molecule has 3 nitrogen and oxygen atoms in total. The predicted molar refractivity (Wildman–Crippen MR) is 54.6 cm³/mol. The highest BCUT2D eigenvalue weighted by Crippen LogP contribution is 2.20. The summed E-state index contributed by atoms with van der Waals surface area (Å²) in [7, 11) is 2.13. The summed E-state index contributed by atoms with van der Waals surface area (Å²) in [5, 5.41) is 0. The smallest absolute Gasteiger partial charge is 0.0645 e. The van der Waals surface area contributed by atoms with Gasteiger partial charge in [-0.15, -0.1) is 0 Å². The minimum absolute atomic E-state index is 0.0772. The van der Waals surface area contributed by atoms with Crippen LogP contribution in [0.4, 0.5) is 0 Å². The maximum Gasteiger partial charge on any atom is 0.0645 e. The molecule has 0 radical (unpaired) electrons. The van der Waals surface area contributed by atoms with Crippen LogP contribution in [0.1, 0.15) is 13.8 Å². The molecule has 1 aliphatic heterocycles. The third kappa shape index (κ3) is 2.53. The fourth-order valence-electron chi connectivity index (χ4n) is 1.39. The van der Waals surface area contributed by atoms with Crippen molar-refractivity contribution >= 4 is 0 Å². The molecule has 1 aliphatic rings. The lowest BCUT2D eigenvalue weighted by Gasteiger charge is -2.43. The lowest BCUT2D eigenvalue weighted by atomic mass is 9.99. The predicted octanol–water partition coefficient (Wildman–Crippen LogP) is 0.610. The van der Waals surface area contributed by atoms with Gasteiger partial charge in [0.1, 0.15) is 0 Å². The lowest BCUT2D eigenvalue weighted by molar-refractivity contribution is -0.0770. The highest BCUT2D eigenvalue weighted by molar-refractivity contribution is 5.04. The van der Waals surface area contributed by atoms with Crippen LogP contribution < -0.4 is 5.73 Å². The maximum absolute atomic E-state index is 5.43. The average Bonchev–Trinajstić information content (AvgIpc) is 1.97. The van der Waals surface area contributed by atoms with E-state index in [2.05, 4.69) is 31.9 Å². The van der Waals surface area contributed by atoms with Gasteiger partial charge in [0.25, 0.3) is 0 Å². The summed E-state index contributed by atoms with van der Waals surface area (Å²) in [6.45, 7) is 6.71. The van der Waals surface area contributed by atoms with Crippen LogP contribution in [0.5, 0.6) is 0 Å². The second kappa shape index (κ2) is 4.22. The van der Waals surface area contributed by atoms with Gasteiger partial charge in [-0.25, -0.2) is 0 Å². The Hall–Kier alpha value is -0.380. The van der Waals surface area contributed by atoms with Gasteiger partial charge in [-0.3, -0.25) is 4.90 Å². The summed E-state index contributed by atoms with van der Waals surface area (Å²) in [4.78, 5) is 2.34. The van der Waals surface area contributed by atoms with Gasteiger partial charge in [-0.2, -0.15) is 0 Å². The van der Waals surface area contributed by atoms with Crippen LogP contribution in [-0.2, 0) is 4.74 Å². The molecule has 0 unspecified atom stereocenters. The summed E-state index contributed by atoms with van der Waals surface area (Å²) in [6, 6.07) is 0.567. The Kier molecular flexibility index (Phi) is 3.47. The molecule has 0 atom stereocenters. The average molecular weight is 184 g/mol. The van der Waals surface area contributed by atoms with Crippen LogP contribution in [0.2, 0.25) is 0 Å². The van der Waals surface area contributed by atoms with E-state index in [1.165, 1.54) is 0 Å². The molecule has 0 aromatic rings. The van der Waals surface area contributed by atoms with Crippen LogP contribution in [0.3, 0.4) is 0 Å². The van der Waals surface area contributed by atoms with Crippen LogP contribution in [-0.4, -0.2) is 43.3 Å². The van der Waals surface area contributed by atoms with Crippen molar-refractivity contribution < 1.29 is 4.74 Å². The molecule has 1 fully saturated rings. The molecular weight excluding hydrogens is 164 g/mol. The lowest BCUT2D eigenvalue weighted by Crippen LogP contribution is -2.55. The minimum Gasteiger partial charge on any atom is -0.378 e. The Labute approximate surface area is 80.5 Å². The molecule has 0 saturated carbocycles. The zero-order valence-corrected chi connectivity index (χ0v) is 8.79. The third-order valence-corrected chi connectivity index (χ3v) is 2.74. The monoisotopic (exact) mass is 184 g/mol. The number of rotatable bonds is 4. The molecule has 3 heteroatoms. The Balaban J connectivity index is 2.50. The van der Waals surface area contributed by atoms with Crippen LogP contribution in [0.25, 0.3) is 0 Å². The van der Waals surface area contributed by atoms with Crippen molar-refractivity contribution in [1.82, 2.24) is 4.90 Å². The number of likely N-dealkylation sites (N-methyl/N-ethyl adjacent to an activating group) is 1. The van der Waals surface area contributed by atoms with Gasteiger partial charge in [0.2, 0.25) is 0 Å². The quantitative estimate of drug-likeness (QED) is 0.651. The molecular formula is C10H20N2O. The molecule has 76 valence electrons. The SMILES string of the molecule is CN(C1COC1)C(C)(C)C=CCN. The van der Waals surface area contributed by atoms with Crippen LogP contribution in [0, 0.1) is 0 Å². The van der Waals surface area contributed by atoms with Gasteiger partial charge >= 0.3 is 0 Å². The van der Waals surface area contributed by atoms with Gasteiger partial charge in [-0.1, -0.05) is 12.2 Å². The largest absolute Gasteiger partial charge is 0.378 e. The van der Waals surface area contributed by atoms with E-state index in [9.17, 15) is 0 Å². The maximum atomic E-state index is 5.43. The Bertz CT molecular complexity index is 185. The minimum atomic E-state index is 0.0772.